The Kier molecular flexibility index (Phi) is 3.31. The van der Waals surface area contributed by atoms with Crippen molar-refractivity contribution in [3.05, 3.63) is 30.1 Å². The molecule has 1 aromatic carbocycles. The van der Waals surface area contributed by atoms with E-state index >= 15 is 0 Å². The Bertz CT molecular complexity index is 554. The smallest absolute Gasteiger partial charge is 0.151 e. The van der Waals surface area contributed by atoms with Crippen LogP contribution in [0.1, 0.15) is 5.82 Å². The molecule has 96 valence electrons. The molecule has 1 heterocycles. The van der Waals surface area contributed by atoms with Gasteiger partial charge in [0.1, 0.15) is 17.9 Å². The molecule has 2 aromatic rings. The number of nitrogens with one attached hydrogen (secondary N) is 1. The van der Waals surface area contributed by atoms with Crippen molar-refractivity contribution in [3.8, 4) is 5.75 Å². The number of ether oxygens (including phenoxy) is 1. The fraction of sp³-hybridized carbons (Fsp3) is 0.273. The van der Waals surface area contributed by atoms with Crippen molar-refractivity contribution in [1.29, 1.82) is 0 Å². The van der Waals surface area contributed by atoms with Crippen LogP contribution in [0.3, 0.4) is 0 Å². The van der Waals surface area contributed by atoms with Crippen LogP contribution in [-0.2, 0) is 13.6 Å². The van der Waals surface area contributed by atoms with Gasteiger partial charge in [-0.1, -0.05) is 0 Å². The monoisotopic (exact) mass is 251 g/mol. The lowest BCUT2D eigenvalue weighted by Gasteiger charge is -2.10. The summed E-state index contributed by atoms with van der Waals surface area (Å²) < 4.78 is 20.4. The molecular formula is C11H14FN5O. The van der Waals surface area contributed by atoms with E-state index in [0.717, 1.165) is 0 Å². The zero-order valence-electron chi connectivity index (χ0n) is 10.1. The van der Waals surface area contributed by atoms with Crippen LogP contribution in [0.5, 0.6) is 5.75 Å². The van der Waals surface area contributed by atoms with E-state index in [0.29, 0.717) is 23.8 Å². The normalized spacial score (nSPS) is 10.4. The lowest BCUT2D eigenvalue weighted by Crippen LogP contribution is -2.07. The fourth-order valence-electron chi connectivity index (χ4n) is 1.52. The summed E-state index contributed by atoms with van der Waals surface area (Å²) in [7, 11) is 3.30. The number of hydrogen-bond acceptors (Lipinski definition) is 5. The van der Waals surface area contributed by atoms with Crippen molar-refractivity contribution in [2.45, 2.75) is 6.54 Å². The third-order valence-electron chi connectivity index (χ3n) is 2.56. The van der Waals surface area contributed by atoms with E-state index in [2.05, 4.69) is 15.5 Å². The number of hydrogen-bond donors (Lipinski definition) is 2. The quantitative estimate of drug-likeness (QED) is 0.797. The molecule has 0 aliphatic rings. The van der Waals surface area contributed by atoms with Crippen LogP contribution in [0, 0.1) is 5.82 Å². The van der Waals surface area contributed by atoms with Crippen LogP contribution in [-0.4, -0.2) is 21.9 Å². The summed E-state index contributed by atoms with van der Waals surface area (Å²) >= 11 is 0. The van der Waals surface area contributed by atoms with E-state index in [1.807, 2.05) is 7.05 Å². The van der Waals surface area contributed by atoms with Gasteiger partial charge in [-0.3, -0.25) is 0 Å². The second kappa shape index (κ2) is 4.91. The second-order valence-corrected chi connectivity index (χ2v) is 3.79. The van der Waals surface area contributed by atoms with Gasteiger partial charge >= 0.3 is 0 Å². The van der Waals surface area contributed by atoms with Gasteiger partial charge in [-0.2, -0.15) is 0 Å². The van der Waals surface area contributed by atoms with E-state index in [4.69, 9.17) is 10.5 Å². The molecule has 0 aliphatic heterocycles. The minimum Gasteiger partial charge on any atom is -0.495 e. The minimum atomic E-state index is -0.435. The Morgan fingerprint density at radius 1 is 1.50 bits per heavy atom. The van der Waals surface area contributed by atoms with E-state index in [-0.39, 0.29) is 5.69 Å². The van der Waals surface area contributed by atoms with E-state index in [1.165, 1.54) is 19.2 Å². The van der Waals surface area contributed by atoms with Crippen LogP contribution in [0.15, 0.2) is 18.5 Å². The largest absolute Gasteiger partial charge is 0.495 e. The van der Waals surface area contributed by atoms with Gasteiger partial charge in [-0.25, -0.2) is 4.39 Å². The van der Waals surface area contributed by atoms with Crippen LogP contribution in [0.25, 0.3) is 0 Å². The SMILES string of the molecule is COc1cc(NCc2nncn2C)c(F)cc1N. The number of methoxy groups -OCH3 is 1. The van der Waals surface area contributed by atoms with E-state index in [9.17, 15) is 4.39 Å². The average molecular weight is 251 g/mol. The van der Waals surface area contributed by atoms with E-state index in [1.54, 1.807) is 10.9 Å². The van der Waals surface area contributed by atoms with Crippen LogP contribution >= 0.6 is 0 Å². The molecule has 6 nitrogen and oxygen atoms in total. The topological polar surface area (TPSA) is 78.0 Å². The van der Waals surface area contributed by atoms with Crippen molar-refractivity contribution in [2.75, 3.05) is 18.2 Å². The first-order chi connectivity index (χ1) is 8.61. The van der Waals surface area contributed by atoms with Gasteiger partial charge in [-0.05, 0) is 0 Å². The van der Waals surface area contributed by atoms with Gasteiger partial charge in [0.25, 0.3) is 0 Å². The summed E-state index contributed by atoms with van der Waals surface area (Å²) in [6.07, 6.45) is 1.58. The maximum Gasteiger partial charge on any atom is 0.151 e. The molecule has 7 heteroatoms. The molecule has 0 radical (unpaired) electrons. The number of halogens is 1. The first-order valence-corrected chi connectivity index (χ1v) is 5.31. The highest BCUT2D eigenvalue weighted by molar-refractivity contribution is 5.62. The minimum absolute atomic E-state index is 0.263. The maximum atomic E-state index is 13.7. The highest BCUT2D eigenvalue weighted by atomic mass is 19.1. The summed E-state index contributed by atoms with van der Waals surface area (Å²) in [5, 5.41) is 10.6. The van der Waals surface area contributed by atoms with Crippen LogP contribution < -0.4 is 15.8 Å². The lowest BCUT2D eigenvalue weighted by atomic mass is 10.2. The number of rotatable bonds is 4. The maximum absolute atomic E-state index is 13.7. The first kappa shape index (κ1) is 12.2. The van der Waals surface area contributed by atoms with Gasteiger partial charge in [0.15, 0.2) is 5.82 Å². The number of aromatic nitrogens is 3. The number of nitrogens with two attached hydrogens (primary N) is 1. The van der Waals surface area contributed by atoms with Crippen molar-refractivity contribution >= 4 is 11.4 Å². The fourth-order valence-corrected chi connectivity index (χ4v) is 1.52. The second-order valence-electron chi connectivity index (χ2n) is 3.79. The molecule has 18 heavy (non-hydrogen) atoms. The average Bonchev–Trinajstić information content (AvgIpc) is 2.74. The molecule has 0 fully saturated rings. The number of nitrogens with zero attached hydrogens (tertiary/aromatic N) is 3. The molecule has 0 saturated carbocycles. The molecule has 0 amide bonds. The number of nitrogen functional groups attached to an aromatic ring is 1. The third-order valence-corrected chi connectivity index (χ3v) is 2.56. The lowest BCUT2D eigenvalue weighted by molar-refractivity contribution is 0.416. The Morgan fingerprint density at radius 2 is 2.28 bits per heavy atom. The number of aryl methyl sites for hydroxylation is 1. The van der Waals surface area contributed by atoms with Gasteiger partial charge in [0.2, 0.25) is 0 Å². The molecule has 1 aromatic heterocycles. The molecule has 2 rings (SSSR count). The predicted molar refractivity (Wildman–Crippen MR) is 65.7 cm³/mol. The van der Waals surface area contributed by atoms with Gasteiger partial charge in [0.05, 0.1) is 25.0 Å². The molecule has 0 saturated heterocycles. The number of anilines is 2. The molecule has 0 bridgehead atoms. The first-order valence-electron chi connectivity index (χ1n) is 5.31. The summed E-state index contributed by atoms with van der Waals surface area (Å²) in [5.41, 5.74) is 6.17. The standard InChI is InChI=1S/C11H14FN5O/c1-17-6-15-16-11(17)5-14-9-4-10(18-2)8(13)3-7(9)12/h3-4,6,14H,5,13H2,1-2H3. The molecule has 0 atom stereocenters. The Labute approximate surface area is 104 Å². The van der Waals surface area contributed by atoms with E-state index < -0.39 is 5.82 Å². The number of benzene rings is 1. The van der Waals surface area contributed by atoms with Gasteiger partial charge in [-0.15, -0.1) is 10.2 Å². The van der Waals surface area contributed by atoms with Crippen molar-refractivity contribution in [2.24, 2.45) is 7.05 Å². The summed E-state index contributed by atoms with van der Waals surface area (Å²) in [5.74, 6) is 0.692. The Balaban J connectivity index is 2.16. The van der Waals surface area contributed by atoms with Gasteiger partial charge < -0.3 is 20.4 Å². The zero-order chi connectivity index (χ0) is 13.1. The highest BCUT2D eigenvalue weighted by Gasteiger charge is 2.09. The Morgan fingerprint density at radius 3 is 2.89 bits per heavy atom. The summed E-state index contributed by atoms with van der Waals surface area (Å²) in [6.45, 7) is 0.362. The van der Waals surface area contributed by atoms with Crippen LogP contribution in [0.4, 0.5) is 15.8 Å². The van der Waals surface area contributed by atoms with Crippen LogP contribution in [0.2, 0.25) is 0 Å². The third kappa shape index (κ3) is 2.34. The Hall–Kier alpha value is -2.31. The molecule has 0 unspecified atom stereocenters. The van der Waals surface area contributed by atoms with Crippen molar-refractivity contribution in [3.63, 3.8) is 0 Å². The highest BCUT2D eigenvalue weighted by Crippen LogP contribution is 2.28. The van der Waals surface area contributed by atoms with Crippen molar-refractivity contribution < 1.29 is 9.13 Å². The molecule has 3 N–H and O–H groups in total. The predicted octanol–water partition coefficient (Wildman–Crippen LogP) is 1.16. The summed E-state index contributed by atoms with van der Waals surface area (Å²) in [4.78, 5) is 0. The molecule has 0 aliphatic carbocycles. The zero-order valence-corrected chi connectivity index (χ0v) is 10.1. The molecular weight excluding hydrogens is 237 g/mol. The van der Waals surface area contributed by atoms with Gasteiger partial charge in [0, 0.05) is 19.2 Å². The van der Waals surface area contributed by atoms with Crippen molar-refractivity contribution in [1.82, 2.24) is 14.8 Å². The molecule has 0 spiro atoms. The summed E-state index contributed by atoms with van der Waals surface area (Å²) in [6, 6.07) is 2.73.